The summed E-state index contributed by atoms with van der Waals surface area (Å²) in [6.45, 7) is 3.61. The Morgan fingerprint density at radius 1 is 1.20 bits per heavy atom. The number of benzene rings is 1. The molecule has 1 aromatic heterocycles. The lowest BCUT2D eigenvalue weighted by atomic mass is 10.00. The molecule has 1 aromatic carbocycles. The van der Waals surface area contributed by atoms with Crippen molar-refractivity contribution in [2.45, 2.75) is 19.9 Å². The second kappa shape index (κ2) is 5.63. The van der Waals surface area contributed by atoms with Crippen molar-refractivity contribution in [1.29, 1.82) is 0 Å². The Hall–Kier alpha value is -1.87. The zero-order valence-corrected chi connectivity index (χ0v) is 12.3. The molecule has 0 saturated heterocycles. The van der Waals surface area contributed by atoms with Crippen LogP contribution >= 0.6 is 11.3 Å². The minimum Gasteiger partial charge on any atom is -0.334 e. The van der Waals surface area contributed by atoms with Gasteiger partial charge in [-0.3, -0.25) is 4.79 Å². The maximum atomic E-state index is 12.2. The van der Waals surface area contributed by atoms with Crippen LogP contribution in [0.3, 0.4) is 0 Å². The van der Waals surface area contributed by atoms with Crippen LogP contribution in [0.1, 0.15) is 20.9 Å². The summed E-state index contributed by atoms with van der Waals surface area (Å²) in [6.07, 6.45) is 4.56. The molecule has 2 aromatic rings. The highest BCUT2D eigenvalue weighted by Crippen LogP contribution is 2.20. The normalized spacial score (nSPS) is 14.6. The Bertz CT molecular complexity index is 657. The van der Waals surface area contributed by atoms with Crippen molar-refractivity contribution >= 4 is 23.3 Å². The quantitative estimate of drug-likeness (QED) is 0.770. The summed E-state index contributed by atoms with van der Waals surface area (Å²) in [4.78, 5) is 16.5. The average Bonchev–Trinajstić information content (AvgIpc) is 2.90. The smallest absolute Gasteiger partial charge is 0.246 e. The molecule has 20 heavy (non-hydrogen) atoms. The van der Waals surface area contributed by atoms with Gasteiger partial charge in [0, 0.05) is 28.9 Å². The van der Waals surface area contributed by atoms with Crippen molar-refractivity contribution in [3.63, 3.8) is 0 Å². The molecule has 0 spiro atoms. The van der Waals surface area contributed by atoms with E-state index in [4.69, 9.17) is 0 Å². The van der Waals surface area contributed by atoms with E-state index in [0.717, 1.165) is 24.4 Å². The molecular weight excluding hydrogens is 266 g/mol. The number of carbonyl (C=O) groups excluding carboxylic acids is 1. The van der Waals surface area contributed by atoms with E-state index < -0.39 is 0 Å². The number of hydrogen-bond donors (Lipinski definition) is 0. The van der Waals surface area contributed by atoms with Gasteiger partial charge in [-0.25, -0.2) is 0 Å². The van der Waals surface area contributed by atoms with Gasteiger partial charge in [0.15, 0.2) is 0 Å². The first-order valence-electron chi connectivity index (χ1n) is 6.82. The number of amides is 1. The summed E-state index contributed by atoms with van der Waals surface area (Å²) in [5.41, 5.74) is 2.64. The van der Waals surface area contributed by atoms with Crippen molar-refractivity contribution in [3.8, 4) is 0 Å². The van der Waals surface area contributed by atoms with Crippen LogP contribution in [0.15, 0.2) is 42.5 Å². The lowest BCUT2D eigenvalue weighted by Crippen LogP contribution is -2.34. The van der Waals surface area contributed by atoms with Gasteiger partial charge < -0.3 is 4.90 Å². The molecular formula is C17H17NOS. The molecule has 0 radical (unpaired) electrons. The number of fused-ring (bicyclic) bond motifs is 1. The summed E-state index contributed by atoms with van der Waals surface area (Å²) < 4.78 is 0. The summed E-state index contributed by atoms with van der Waals surface area (Å²) in [6, 6.07) is 12.5. The molecule has 102 valence electrons. The molecule has 3 rings (SSSR count). The fourth-order valence-electron chi connectivity index (χ4n) is 2.49. The first-order chi connectivity index (χ1) is 9.72. The molecule has 1 amide bonds. The van der Waals surface area contributed by atoms with Gasteiger partial charge in [-0.1, -0.05) is 24.3 Å². The fraction of sp³-hybridized carbons (Fsp3) is 0.235. The zero-order chi connectivity index (χ0) is 13.9. The molecule has 2 nitrogen and oxygen atoms in total. The summed E-state index contributed by atoms with van der Waals surface area (Å²) in [5.74, 6) is 0.102. The Kier molecular flexibility index (Phi) is 3.70. The summed E-state index contributed by atoms with van der Waals surface area (Å²) >= 11 is 1.71. The molecule has 3 heteroatoms. The molecule has 0 saturated carbocycles. The summed E-state index contributed by atoms with van der Waals surface area (Å²) in [7, 11) is 0. The van der Waals surface area contributed by atoms with Gasteiger partial charge in [0.25, 0.3) is 0 Å². The standard InChI is InChI=1S/C17H17NOS/c1-13-6-7-16(20-13)8-9-17(19)18-11-10-14-4-2-3-5-15(14)12-18/h2-9H,10-12H2,1H3/b9-8+. The van der Waals surface area contributed by atoms with Crippen LogP contribution in [-0.2, 0) is 17.8 Å². The molecule has 0 fully saturated rings. The number of nitrogens with zero attached hydrogens (tertiary/aromatic N) is 1. The maximum Gasteiger partial charge on any atom is 0.246 e. The van der Waals surface area contributed by atoms with Crippen molar-refractivity contribution in [1.82, 2.24) is 4.90 Å². The highest BCUT2D eigenvalue weighted by Gasteiger charge is 2.18. The Morgan fingerprint density at radius 3 is 2.75 bits per heavy atom. The van der Waals surface area contributed by atoms with Gasteiger partial charge in [0.05, 0.1) is 0 Å². The van der Waals surface area contributed by atoms with E-state index in [2.05, 4.69) is 37.3 Å². The van der Waals surface area contributed by atoms with Crippen molar-refractivity contribution in [3.05, 3.63) is 63.4 Å². The molecule has 0 unspecified atom stereocenters. The predicted octanol–water partition coefficient (Wildman–Crippen LogP) is 3.65. The van der Waals surface area contributed by atoms with Crippen LogP contribution in [-0.4, -0.2) is 17.4 Å². The average molecular weight is 283 g/mol. The Morgan fingerprint density at radius 2 is 2.00 bits per heavy atom. The topological polar surface area (TPSA) is 20.3 Å². The van der Waals surface area contributed by atoms with Crippen LogP contribution in [0.4, 0.5) is 0 Å². The van der Waals surface area contributed by atoms with Crippen LogP contribution in [0, 0.1) is 6.92 Å². The number of thiophene rings is 1. The van der Waals surface area contributed by atoms with E-state index in [9.17, 15) is 4.79 Å². The SMILES string of the molecule is Cc1ccc(/C=C/C(=O)N2CCc3ccccc3C2)s1. The number of carbonyl (C=O) groups is 1. The first-order valence-corrected chi connectivity index (χ1v) is 7.64. The minimum absolute atomic E-state index is 0.102. The monoisotopic (exact) mass is 283 g/mol. The Balaban J connectivity index is 1.68. The number of rotatable bonds is 2. The number of aryl methyl sites for hydroxylation is 1. The van der Waals surface area contributed by atoms with Crippen LogP contribution in [0.25, 0.3) is 6.08 Å². The molecule has 0 bridgehead atoms. The zero-order valence-electron chi connectivity index (χ0n) is 11.5. The minimum atomic E-state index is 0.102. The Labute approximate surface area is 123 Å². The van der Waals surface area contributed by atoms with Gasteiger partial charge >= 0.3 is 0 Å². The van der Waals surface area contributed by atoms with Gasteiger partial charge in [-0.2, -0.15) is 0 Å². The van der Waals surface area contributed by atoms with E-state index >= 15 is 0 Å². The third-order valence-electron chi connectivity index (χ3n) is 3.59. The van der Waals surface area contributed by atoms with E-state index in [0.29, 0.717) is 0 Å². The highest BCUT2D eigenvalue weighted by molar-refractivity contribution is 7.12. The predicted molar refractivity (Wildman–Crippen MR) is 83.7 cm³/mol. The lowest BCUT2D eigenvalue weighted by molar-refractivity contribution is -0.126. The molecule has 0 aliphatic carbocycles. The molecule has 1 aliphatic heterocycles. The molecule has 0 atom stereocenters. The first kappa shape index (κ1) is 13.1. The largest absolute Gasteiger partial charge is 0.334 e. The fourth-order valence-corrected chi connectivity index (χ4v) is 3.27. The van der Waals surface area contributed by atoms with Gasteiger partial charge in [-0.15, -0.1) is 11.3 Å². The van der Waals surface area contributed by atoms with Gasteiger partial charge in [-0.05, 0) is 42.7 Å². The lowest BCUT2D eigenvalue weighted by Gasteiger charge is -2.27. The third kappa shape index (κ3) is 2.83. The van der Waals surface area contributed by atoms with Crippen LogP contribution in [0.2, 0.25) is 0 Å². The second-order valence-corrected chi connectivity index (χ2v) is 6.38. The van der Waals surface area contributed by atoms with E-state index in [-0.39, 0.29) is 5.91 Å². The molecule has 1 aliphatic rings. The van der Waals surface area contributed by atoms with Crippen LogP contribution in [0.5, 0.6) is 0 Å². The van der Waals surface area contributed by atoms with Crippen molar-refractivity contribution < 1.29 is 4.79 Å². The highest BCUT2D eigenvalue weighted by atomic mass is 32.1. The third-order valence-corrected chi connectivity index (χ3v) is 4.56. The molecule has 0 N–H and O–H groups in total. The molecule has 2 heterocycles. The van der Waals surface area contributed by atoms with E-state index in [1.807, 2.05) is 17.0 Å². The van der Waals surface area contributed by atoms with Gasteiger partial charge in [0.2, 0.25) is 5.91 Å². The van der Waals surface area contributed by atoms with Gasteiger partial charge in [0.1, 0.15) is 0 Å². The second-order valence-electron chi connectivity index (χ2n) is 5.06. The van der Waals surface area contributed by atoms with E-state index in [1.165, 1.54) is 16.0 Å². The van der Waals surface area contributed by atoms with Crippen molar-refractivity contribution in [2.75, 3.05) is 6.54 Å². The van der Waals surface area contributed by atoms with Crippen LogP contribution < -0.4 is 0 Å². The number of hydrogen-bond acceptors (Lipinski definition) is 2. The van der Waals surface area contributed by atoms with E-state index in [1.54, 1.807) is 17.4 Å². The van der Waals surface area contributed by atoms with Crippen molar-refractivity contribution in [2.24, 2.45) is 0 Å². The maximum absolute atomic E-state index is 12.2. The summed E-state index contributed by atoms with van der Waals surface area (Å²) in [5, 5.41) is 0.